The molecule has 0 bridgehead atoms. The lowest BCUT2D eigenvalue weighted by atomic mass is 9.76. The van der Waals surface area contributed by atoms with Gasteiger partial charge in [0.15, 0.2) is 0 Å². The number of benzene rings is 4. The van der Waals surface area contributed by atoms with Crippen LogP contribution in [-0.2, 0) is 27.8 Å². The molecular formula is C37H39NO3. The van der Waals surface area contributed by atoms with Gasteiger partial charge in [-0.3, -0.25) is 0 Å². The highest BCUT2D eigenvalue weighted by atomic mass is 16.5. The molecule has 0 fully saturated rings. The number of hydrogen-bond donors (Lipinski definition) is 1. The Hall–Kier alpha value is -4.15. The van der Waals surface area contributed by atoms with E-state index in [1.54, 1.807) is 0 Å². The van der Waals surface area contributed by atoms with Crippen molar-refractivity contribution >= 4 is 23.0 Å². The number of nitrogens with zero attached hydrogens (tertiary/aromatic N) is 1. The molecule has 0 saturated heterocycles. The first-order valence-corrected chi connectivity index (χ1v) is 14.6. The number of hydrogen-bond acceptors (Lipinski definition) is 4. The third-order valence-electron chi connectivity index (χ3n) is 8.29. The Bertz CT molecular complexity index is 1510. The van der Waals surface area contributed by atoms with Crippen LogP contribution in [0, 0.1) is 0 Å². The Morgan fingerprint density at radius 2 is 1.46 bits per heavy atom. The van der Waals surface area contributed by atoms with Crippen molar-refractivity contribution in [3.05, 3.63) is 126 Å². The van der Waals surface area contributed by atoms with Gasteiger partial charge in [0, 0.05) is 41.6 Å². The summed E-state index contributed by atoms with van der Waals surface area (Å²) in [7, 11) is 0. The van der Waals surface area contributed by atoms with Crippen molar-refractivity contribution in [1.82, 2.24) is 0 Å². The van der Waals surface area contributed by atoms with Crippen LogP contribution < -0.4 is 4.90 Å². The fourth-order valence-electron chi connectivity index (χ4n) is 6.03. The van der Waals surface area contributed by atoms with Gasteiger partial charge in [0.1, 0.15) is 0 Å². The molecule has 4 nitrogen and oxygen atoms in total. The third kappa shape index (κ3) is 5.84. The van der Waals surface area contributed by atoms with Crippen LogP contribution in [-0.4, -0.2) is 24.3 Å². The van der Waals surface area contributed by atoms with Crippen molar-refractivity contribution in [3.63, 3.8) is 0 Å². The first kappa shape index (κ1) is 28.4. The van der Waals surface area contributed by atoms with Gasteiger partial charge in [-0.25, -0.2) is 4.79 Å². The molecule has 0 heterocycles. The fourth-order valence-corrected chi connectivity index (χ4v) is 6.03. The maximum atomic E-state index is 11.4. The van der Waals surface area contributed by atoms with E-state index in [0.717, 1.165) is 41.0 Å². The molecule has 4 heteroatoms. The maximum Gasteiger partial charge on any atom is 0.330 e. The van der Waals surface area contributed by atoms with Gasteiger partial charge in [0.2, 0.25) is 0 Å². The minimum absolute atomic E-state index is 0.0403. The van der Waals surface area contributed by atoms with Crippen LogP contribution in [0.4, 0.5) is 17.1 Å². The van der Waals surface area contributed by atoms with E-state index in [-0.39, 0.29) is 12.0 Å². The van der Waals surface area contributed by atoms with Gasteiger partial charge in [0.05, 0.1) is 6.61 Å². The molecule has 0 amide bonds. The van der Waals surface area contributed by atoms with Crippen molar-refractivity contribution in [2.75, 3.05) is 18.1 Å². The lowest BCUT2D eigenvalue weighted by Gasteiger charge is -2.30. The second-order valence-corrected chi connectivity index (χ2v) is 11.0. The van der Waals surface area contributed by atoms with Gasteiger partial charge in [-0.1, -0.05) is 87.9 Å². The fraction of sp³-hybridized carbons (Fsp3) is 0.270. The van der Waals surface area contributed by atoms with Crippen LogP contribution in [0.5, 0.6) is 0 Å². The van der Waals surface area contributed by atoms with Crippen molar-refractivity contribution in [1.29, 1.82) is 0 Å². The van der Waals surface area contributed by atoms with Crippen LogP contribution in [0.25, 0.3) is 11.1 Å². The third-order valence-corrected chi connectivity index (χ3v) is 8.29. The largest absolute Gasteiger partial charge is 0.462 e. The van der Waals surface area contributed by atoms with Gasteiger partial charge in [-0.15, -0.1) is 0 Å². The van der Waals surface area contributed by atoms with Crippen molar-refractivity contribution < 1.29 is 14.6 Å². The van der Waals surface area contributed by atoms with Gasteiger partial charge in [0.25, 0.3) is 0 Å². The number of ether oxygens (including phenoxy) is 1. The second-order valence-electron chi connectivity index (χ2n) is 11.0. The smallest absolute Gasteiger partial charge is 0.330 e. The molecule has 0 radical (unpaired) electrons. The predicted molar refractivity (Wildman–Crippen MR) is 168 cm³/mol. The van der Waals surface area contributed by atoms with Crippen LogP contribution in [0.1, 0.15) is 55.4 Å². The summed E-state index contributed by atoms with van der Waals surface area (Å²) in [4.78, 5) is 13.7. The Morgan fingerprint density at radius 1 is 0.854 bits per heavy atom. The molecule has 1 aliphatic carbocycles. The Kier molecular flexibility index (Phi) is 8.70. The number of aliphatic hydroxyl groups excluding tert-OH is 1. The quantitative estimate of drug-likeness (QED) is 0.143. The van der Waals surface area contributed by atoms with Crippen LogP contribution >= 0.6 is 0 Å². The van der Waals surface area contributed by atoms with E-state index in [1.807, 2.05) is 0 Å². The zero-order valence-corrected chi connectivity index (χ0v) is 24.1. The maximum absolute atomic E-state index is 11.4. The molecule has 210 valence electrons. The highest BCUT2D eigenvalue weighted by molar-refractivity contribution is 5.85. The van der Waals surface area contributed by atoms with Crippen LogP contribution in [0.15, 0.2) is 104 Å². The second kappa shape index (κ2) is 12.6. The number of anilines is 3. The minimum atomic E-state index is -0.401. The minimum Gasteiger partial charge on any atom is -0.462 e. The predicted octanol–water partition coefficient (Wildman–Crippen LogP) is 8.44. The van der Waals surface area contributed by atoms with E-state index in [2.05, 4.69) is 116 Å². The first-order chi connectivity index (χ1) is 20.0. The van der Waals surface area contributed by atoms with Gasteiger partial charge in [-0.05, 0) is 82.6 Å². The molecule has 1 N–H and O–H groups in total. The molecule has 0 spiro atoms. The molecule has 0 aliphatic heterocycles. The topological polar surface area (TPSA) is 49.8 Å². The number of fused-ring (bicyclic) bond motifs is 3. The summed E-state index contributed by atoms with van der Waals surface area (Å²) in [6, 6.07) is 32.7. The van der Waals surface area contributed by atoms with Crippen LogP contribution in [0.2, 0.25) is 0 Å². The number of unbranched alkanes of at least 4 members (excludes halogenated alkanes) is 1. The zero-order valence-electron chi connectivity index (χ0n) is 24.1. The normalized spacial score (nSPS) is 15.2. The van der Waals surface area contributed by atoms with Gasteiger partial charge < -0.3 is 14.7 Å². The molecular weight excluding hydrogens is 506 g/mol. The molecule has 4 aromatic carbocycles. The molecule has 1 aliphatic rings. The molecule has 1 unspecified atom stereocenters. The van der Waals surface area contributed by atoms with Crippen molar-refractivity contribution in [3.8, 4) is 11.1 Å². The van der Waals surface area contributed by atoms with E-state index >= 15 is 0 Å². The summed E-state index contributed by atoms with van der Waals surface area (Å²) in [6.07, 6.45) is 5.92. The summed E-state index contributed by atoms with van der Waals surface area (Å²) < 4.78 is 5.17. The lowest BCUT2D eigenvalue weighted by Crippen LogP contribution is -2.21. The number of esters is 1. The summed E-state index contributed by atoms with van der Waals surface area (Å²) in [5.41, 5.74) is 10.9. The molecule has 0 aromatic heterocycles. The van der Waals surface area contributed by atoms with Gasteiger partial charge in [-0.2, -0.15) is 0 Å². The van der Waals surface area contributed by atoms with Gasteiger partial charge >= 0.3 is 5.97 Å². The summed E-state index contributed by atoms with van der Waals surface area (Å²) in [6.45, 7) is 8.57. The molecule has 0 saturated carbocycles. The average molecular weight is 546 g/mol. The molecule has 5 rings (SSSR count). The number of rotatable bonds is 12. The standard InChI is InChI=1S/C37H39NO3/c1-4-6-23-37(3)34-10-8-7-9-32(34)33-20-19-31(26-35(33)37)38(29-15-11-27(12-16-29)21-24-39)30-17-13-28(14-18-30)22-25-41-36(40)5-2/h5,7-20,26,39H,2,4,6,21-25H2,1,3H3. The van der Waals surface area contributed by atoms with E-state index in [9.17, 15) is 9.90 Å². The number of carbonyl (C=O) groups excluding carboxylic acids is 1. The lowest BCUT2D eigenvalue weighted by molar-refractivity contribution is -0.137. The van der Waals surface area contributed by atoms with Crippen LogP contribution in [0.3, 0.4) is 0 Å². The summed E-state index contributed by atoms with van der Waals surface area (Å²) in [5.74, 6) is -0.401. The Labute approximate surface area is 243 Å². The number of carbonyl (C=O) groups is 1. The number of aliphatic hydroxyl groups is 1. The molecule has 4 aromatic rings. The van der Waals surface area contributed by atoms with Crippen molar-refractivity contribution in [2.45, 2.75) is 51.4 Å². The Morgan fingerprint density at radius 3 is 2.10 bits per heavy atom. The van der Waals surface area contributed by atoms with E-state index < -0.39 is 5.97 Å². The van der Waals surface area contributed by atoms with E-state index in [4.69, 9.17) is 4.74 Å². The average Bonchev–Trinajstić information content (AvgIpc) is 3.26. The highest BCUT2D eigenvalue weighted by Gasteiger charge is 2.39. The van der Waals surface area contributed by atoms with E-state index in [1.165, 1.54) is 34.8 Å². The highest BCUT2D eigenvalue weighted by Crippen LogP contribution is 2.52. The Balaban J connectivity index is 1.55. The molecule has 1 atom stereocenters. The molecule has 41 heavy (non-hydrogen) atoms. The summed E-state index contributed by atoms with van der Waals surface area (Å²) >= 11 is 0. The monoisotopic (exact) mass is 545 g/mol. The zero-order chi connectivity index (χ0) is 28.8. The summed E-state index contributed by atoms with van der Waals surface area (Å²) in [5, 5.41) is 9.42. The first-order valence-electron chi connectivity index (χ1n) is 14.6. The van der Waals surface area contributed by atoms with Crippen molar-refractivity contribution in [2.24, 2.45) is 0 Å². The van der Waals surface area contributed by atoms with E-state index in [0.29, 0.717) is 19.4 Å². The SMILES string of the molecule is C=CC(=O)OCCc1ccc(N(c2ccc(CCO)cc2)c2ccc3c(c2)C(C)(CCCC)c2ccccc2-3)cc1.